The maximum Gasteiger partial charge on any atom is 0.0967 e. The van der Waals surface area contributed by atoms with Gasteiger partial charge in [0.2, 0.25) is 0 Å². The molecule has 0 spiro atoms. The molecule has 1 heteroatoms. The molecule has 0 bridgehead atoms. The van der Waals surface area contributed by atoms with E-state index in [0.29, 0.717) is 0 Å². The SMILES string of the molecule is C#C/C(=C\C=C(/C)c1cc2ccccc2c2ccccc12)N(c1ccc(-c2cc3ccccc3c3ccccc23)cc1)c1cc2c(cc1-c1ccccc1)-c1ccccc1C2(C)C. The molecule has 11 rings (SSSR count). The Morgan fingerprint density at radius 2 is 1.02 bits per heavy atom. The van der Waals surface area contributed by atoms with Crippen molar-refractivity contribution >= 4 is 60.0 Å². The van der Waals surface area contributed by atoms with Crippen LogP contribution in [0.5, 0.6) is 0 Å². The highest BCUT2D eigenvalue weighted by Crippen LogP contribution is 2.53. The van der Waals surface area contributed by atoms with Gasteiger partial charge in [0, 0.05) is 16.7 Å². The van der Waals surface area contributed by atoms with Crippen molar-refractivity contribution in [3.05, 3.63) is 235 Å². The molecule has 0 heterocycles. The standard InChI is InChI=1S/C62H45N/c1-5-46(34-31-41(2)55-37-44-21-9-11-23-48(44)50-25-13-15-27-52(50)55)63(47-35-32-43(33-36-47)56-38-45-22-10-12-24-49(45)51-26-14-16-28-53(51)56)61-40-60-58(39-57(61)42-19-7-6-8-20-42)54-29-17-18-30-59(54)62(60,3)4/h1,6-40H,2-4H3/b41-31+,46-34+. The zero-order valence-corrected chi connectivity index (χ0v) is 35.7. The Bertz CT molecular complexity index is 3540. The van der Waals surface area contributed by atoms with Crippen LogP contribution < -0.4 is 4.90 Å². The molecule has 0 saturated carbocycles. The van der Waals surface area contributed by atoms with E-state index < -0.39 is 0 Å². The predicted octanol–water partition coefficient (Wildman–Crippen LogP) is 16.7. The zero-order chi connectivity index (χ0) is 42.7. The fourth-order valence-electron chi connectivity index (χ4n) is 10.1. The normalized spacial score (nSPS) is 13.3. The molecule has 0 amide bonds. The van der Waals surface area contributed by atoms with Gasteiger partial charge in [-0.2, -0.15) is 0 Å². The van der Waals surface area contributed by atoms with Crippen LogP contribution in [0.1, 0.15) is 37.5 Å². The van der Waals surface area contributed by atoms with E-state index in [1.165, 1.54) is 76.5 Å². The summed E-state index contributed by atoms with van der Waals surface area (Å²) in [6.07, 6.45) is 11.0. The number of rotatable bonds is 7. The predicted molar refractivity (Wildman–Crippen MR) is 270 cm³/mol. The largest absolute Gasteiger partial charge is 0.303 e. The van der Waals surface area contributed by atoms with E-state index >= 15 is 0 Å². The summed E-state index contributed by atoms with van der Waals surface area (Å²) in [5.74, 6) is 3.19. The minimum Gasteiger partial charge on any atom is -0.303 e. The van der Waals surface area contributed by atoms with E-state index in [-0.39, 0.29) is 5.41 Å². The Balaban J connectivity index is 1.13. The van der Waals surface area contributed by atoms with Crippen LogP contribution in [0, 0.1) is 12.3 Å². The minimum atomic E-state index is -0.212. The second kappa shape index (κ2) is 15.2. The molecule has 0 fully saturated rings. The second-order valence-electron chi connectivity index (χ2n) is 17.3. The molecule has 0 N–H and O–H groups in total. The van der Waals surface area contributed by atoms with Gasteiger partial charge in [-0.25, -0.2) is 0 Å². The molecule has 1 aliphatic rings. The van der Waals surface area contributed by atoms with Crippen molar-refractivity contribution in [2.24, 2.45) is 0 Å². The molecule has 1 aliphatic carbocycles. The van der Waals surface area contributed by atoms with E-state index in [1.807, 2.05) is 0 Å². The van der Waals surface area contributed by atoms with E-state index in [9.17, 15) is 0 Å². The van der Waals surface area contributed by atoms with Crippen LogP contribution in [0.4, 0.5) is 11.4 Å². The molecule has 0 aliphatic heterocycles. The van der Waals surface area contributed by atoms with Crippen LogP contribution in [0.2, 0.25) is 0 Å². The molecule has 0 atom stereocenters. The number of nitrogens with zero attached hydrogens (tertiary/aromatic N) is 1. The van der Waals surface area contributed by atoms with Gasteiger partial charge in [0.05, 0.1) is 11.4 Å². The Morgan fingerprint density at radius 3 is 1.71 bits per heavy atom. The van der Waals surface area contributed by atoms with Gasteiger partial charge < -0.3 is 4.90 Å². The maximum absolute atomic E-state index is 6.71. The molecule has 0 radical (unpaired) electrons. The highest BCUT2D eigenvalue weighted by atomic mass is 15.1. The summed E-state index contributed by atoms with van der Waals surface area (Å²) >= 11 is 0. The van der Waals surface area contributed by atoms with Crippen LogP contribution in [0.15, 0.2) is 218 Å². The van der Waals surface area contributed by atoms with Crippen molar-refractivity contribution in [3.8, 4) is 45.7 Å². The highest BCUT2D eigenvalue weighted by Gasteiger charge is 2.37. The Hall–Kier alpha value is -7.92. The third-order valence-electron chi connectivity index (χ3n) is 13.3. The second-order valence-corrected chi connectivity index (χ2v) is 17.3. The van der Waals surface area contributed by atoms with Gasteiger partial charge in [-0.15, -0.1) is 6.42 Å². The van der Waals surface area contributed by atoms with Crippen molar-refractivity contribution in [3.63, 3.8) is 0 Å². The first-order valence-corrected chi connectivity index (χ1v) is 21.8. The first kappa shape index (κ1) is 38.0. The summed E-state index contributed by atoms with van der Waals surface area (Å²) in [7, 11) is 0. The van der Waals surface area contributed by atoms with Crippen molar-refractivity contribution in [2.45, 2.75) is 26.2 Å². The number of hydrogen-bond donors (Lipinski definition) is 0. The number of terminal acetylenes is 1. The Labute approximate surface area is 369 Å². The summed E-state index contributed by atoms with van der Waals surface area (Å²) < 4.78 is 0. The fraction of sp³-hybridized carbons (Fsp3) is 0.0645. The van der Waals surface area contributed by atoms with Gasteiger partial charge in [-0.3, -0.25) is 0 Å². The molecule has 298 valence electrons. The smallest absolute Gasteiger partial charge is 0.0967 e. The van der Waals surface area contributed by atoms with Gasteiger partial charge in [-0.1, -0.05) is 190 Å². The molecule has 0 aromatic heterocycles. The summed E-state index contributed by atoms with van der Waals surface area (Å²) in [6.45, 7) is 6.88. The molecule has 63 heavy (non-hydrogen) atoms. The van der Waals surface area contributed by atoms with Crippen LogP contribution >= 0.6 is 0 Å². The fourth-order valence-corrected chi connectivity index (χ4v) is 10.1. The van der Waals surface area contributed by atoms with E-state index in [4.69, 9.17) is 6.42 Å². The van der Waals surface area contributed by atoms with Gasteiger partial charge in [0.1, 0.15) is 0 Å². The van der Waals surface area contributed by atoms with Crippen molar-refractivity contribution < 1.29 is 0 Å². The first-order valence-electron chi connectivity index (χ1n) is 21.8. The number of hydrogen-bond acceptors (Lipinski definition) is 1. The lowest BCUT2D eigenvalue weighted by molar-refractivity contribution is 0.660. The molecule has 0 unspecified atom stereocenters. The Kier molecular flexibility index (Phi) is 9.18. The number of anilines is 2. The topological polar surface area (TPSA) is 3.24 Å². The summed E-state index contributed by atoms with van der Waals surface area (Å²) in [6, 6.07) is 72.8. The molecule has 0 saturated heterocycles. The lowest BCUT2D eigenvalue weighted by atomic mass is 9.81. The van der Waals surface area contributed by atoms with E-state index in [2.05, 4.69) is 244 Å². The summed E-state index contributed by atoms with van der Waals surface area (Å²) in [4.78, 5) is 2.30. The average Bonchev–Trinajstić information content (AvgIpc) is 3.57. The quantitative estimate of drug-likeness (QED) is 0.0881. The van der Waals surface area contributed by atoms with Crippen molar-refractivity contribution in [1.29, 1.82) is 0 Å². The molecular weight excluding hydrogens is 759 g/mol. The average molecular weight is 804 g/mol. The van der Waals surface area contributed by atoms with Gasteiger partial charge >= 0.3 is 0 Å². The third kappa shape index (κ3) is 6.34. The number of fused-ring (bicyclic) bond motifs is 9. The van der Waals surface area contributed by atoms with E-state index in [0.717, 1.165) is 39.3 Å². The molecule has 10 aromatic rings. The van der Waals surface area contributed by atoms with Crippen molar-refractivity contribution in [2.75, 3.05) is 4.90 Å². The van der Waals surface area contributed by atoms with Gasteiger partial charge in [-0.05, 0) is 143 Å². The molecule has 1 nitrogen and oxygen atoms in total. The van der Waals surface area contributed by atoms with Crippen LogP contribution in [-0.4, -0.2) is 0 Å². The van der Waals surface area contributed by atoms with Crippen molar-refractivity contribution in [1.82, 2.24) is 0 Å². The van der Waals surface area contributed by atoms with Crippen LogP contribution in [-0.2, 0) is 5.41 Å². The maximum atomic E-state index is 6.71. The zero-order valence-electron chi connectivity index (χ0n) is 35.7. The number of benzene rings is 10. The number of allylic oxidation sites excluding steroid dienone is 4. The highest BCUT2D eigenvalue weighted by molar-refractivity contribution is 6.14. The minimum absolute atomic E-state index is 0.212. The van der Waals surface area contributed by atoms with Crippen LogP contribution in [0.3, 0.4) is 0 Å². The van der Waals surface area contributed by atoms with Crippen LogP contribution in [0.25, 0.3) is 82.0 Å². The van der Waals surface area contributed by atoms with E-state index in [1.54, 1.807) is 0 Å². The third-order valence-corrected chi connectivity index (χ3v) is 13.3. The molecular formula is C62H45N. The Morgan fingerprint density at radius 1 is 0.460 bits per heavy atom. The monoisotopic (exact) mass is 803 g/mol. The molecule has 10 aromatic carbocycles. The van der Waals surface area contributed by atoms with Gasteiger partial charge in [0.25, 0.3) is 0 Å². The first-order chi connectivity index (χ1) is 30.9. The summed E-state index contributed by atoms with van der Waals surface area (Å²) in [5.41, 5.74) is 14.7. The lowest BCUT2D eigenvalue weighted by Crippen LogP contribution is -2.19. The van der Waals surface area contributed by atoms with Gasteiger partial charge in [0.15, 0.2) is 0 Å². The lowest BCUT2D eigenvalue weighted by Gasteiger charge is -2.30. The summed E-state index contributed by atoms with van der Waals surface area (Å²) in [5, 5.41) is 9.92.